The zero-order valence-electron chi connectivity index (χ0n) is 10.7. The highest BCUT2D eigenvalue weighted by Gasteiger charge is 2.29. The van der Waals surface area contributed by atoms with Crippen molar-refractivity contribution < 1.29 is 19.1 Å². The smallest absolute Gasteiger partial charge is 0.331 e. The van der Waals surface area contributed by atoms with Gasteiger partial charge in [-0.05, 0) is 30.2 Å². The van der Waals surface area contributed by atoms with Gasteiger partial charge in [-0.3, -0.25) is 4.79 Å². The third-order valence-electron chi connectivity index (χ3n) is 2.62. The number of hydrogen-bond donors (Lipinski definition) is 1. The summed E-state index contributed by atoms with van der Waals surface area (Å²) in [6.45, 7) is 3.39. The number of benzene rings is 1. The maximum Gasteiger partial charge on any atom is 0.331 e. The molecule has 1 atom stereocenters. The van der Waals surface area contributed by atoms with Gasteiger partial charge in [0.25, 0.3) is 0 Å². The fourth-order valence-corrected chi connectivity index (χ4v) is 2.13. The molecule has 104 valence electrons. The number of carbonyl (C=O) groups is 2. The SMILES string of the molecule is CCCN(C(C)=O)C(C(=O)O)c1cc(F)cc(Cl)c1. The quantitative estimate of drug-likeness (QED) is 0.906. The number of hydrogen-bond acceptors (Lipinski definition) is 2. The number of nitrogens with zero attached hydrogens (tertiary/aromatic N) is 1. The van der Waals surface area contributed by atoms with Crippen LogP contribution in [-0.2, 0) is 9.59 Å². The van der Waals surface area contributed by atoms with Crippen molar-refractivity contribution in [2.45, 2.75) is 26.3 Å². The van der Waals surface area contributed by atoms with Gasteiger partial charge < -0.3 is 10.0 Å². The van der Waals surface area contributed by atoms with E-state index < -0.39 is 17.8 Å². The summed E-state index contributed by atoms with van der Waals surface area (Å²) in [6, 6.07) is 2.29. The topological polar surface area (TPSA) is 57.6 Å². The van der Waals surface area contributed by atoms with Crippen LogP contribution in [0.2, 0.25) is 5.02 Å². The molecule has 0 fully saturated rings. The molecule has 19 heavy (non-hydrogen) atoms. The first-order chi connectivity index (χ1) is 8.86. The molecule has 0 spiro atoms. The van der Waals surface area contributed by atoms with E-state index in [9.17, 15) is 19.1 Å². The second-order valence-corrected chi connectivity index (χ2v) is 4.59. The summed E-state index contributed by atoms with van der Waals surface area (Å²) in [5.74, 6) is -2.23. The van der Waals surface area contributed by atoms with Crippen LogP contribution in [0, 0.1) is 5.82 Å². The van der Waals surface area contributed by atoms with E-state index in [4.69, 9.17) is 11.6 Å². The van der Waals surface area contributed by atoms with Gasteiger partial charge in [-0.25, -0.2) is 9.18 Å². The number of carboxylic acids is 1. The zero-order chi connectivity index (χ0) is 14.6. The number of halogens is 2. The van der Waals surface area contributed by atoms with Crippen molar-refractivity contribution in [1.82, 2.24) is 4.90 Å². The molecule has 1 aromatic carbocycles. The molecule has 0 aromatic heterocycles. The molecular weight excluding hydrogens is 273 g/mol. The molecule has 6 heteroatoms. The highest BCUT2D eigenvalue weighted by molar-refractivity contribution is 6.30. The van der Waals surface area contributed by atoms with Crippen LogP contribution >= 0.6 is 11.6 Å². The number of aliphatic carboxylic acids is 1. The van der Waals surface area contributed by atoms with Crippen molar-refractivity contribution in [3.05, 3.63) is 34.6 Å². The van der Waals surface area contributed by atoms with Gasteiger partial charge in [-0.2, -0.15) is 0 Å². The van der Waals surface area contributed by atoms with Crippen LogP contribution in [0.4, 0.5) is 4.39 Å². The lowest BCUT2D eigenvalue weighted by Gasteiger charge is -2.28. The summed E-state index contributed by atoms with van der Waals surface area (Å²) in [6.07, 6.45) is 0.604. The molecule has 0 aliphatic rings. The second kappa shape index (κ2) is 6.52. The summed E-state index contributed by atoms with van der Waals surface area (Å²) in [7, 11) is 0. The average Bonchev–Trinajstić information content (AvgIpc) is 2.26. The molecule has 0 aliphatic carbocycles. The highest BCUT2D eigenvalue weighted by atomic mass is 35.5. The lowest BCUT2D eigenvalue weighted by Crippen LogP contribution is -2.38. The average molecular weight is 288 g/mol. The number of carboxylic acid groups (broad SMARTS) is 1. The van der Waals surface area contributed by atoms with Crippen molar-refractivity contribution in [3.8, 4) is 0 Å². The zero-order valence-corrected chi connectivity index (χ0v) is 11.4. The molecule has 0 aliphatic heterocycles. The molecule has 4 nitrogen and oxygen atoms in total. The van der Waals surface area contributed by atoms with E-state index in [1.165, 1.54) is 17.9 Å². The van der Waals surface area contributed by atoms with E-state index in [0.29, 0.717) is 6.42 Å². The molecule has 1 aromatic rings. The lowest BCUT2D eigenvalue weighted by atomic mass is 10.0. The Morgan fingerprint density at radius 2 is 2.05 bits per heavy atom. The van der Waals surface area contributed by atoms with Crippen molar-refractivity contribution in [2.24, 2.45) is 0 Å². The van der Waals surface area contributed by atoms with E-state index in [1.54, 1.807) is 0 Å². The molecule has 0 bridgehead atoms. The Labute approximate surface area is 115 Å². The molecule has 1 unspecified atom stereocenters. The Hall–Kier alpha value is -1.62. The Kier molecular flexibility index (Phi) is 5.30. The Bertz CT molecular complexity index is 473. The minimum absolute atomic E-state index is 0.0984. The standard InChI is InChI=1S/C13H15ClFNO3/c1-3-4-16(8(2)17)12(13(18)19)9-5-10(14)7-11(15)6-9/h5-7,12H,3-4H2,1-2H3,(H,18,19). The van der Waals surface area contributed by atoms with Gasteiger partial charge in [0.2, 0.25) is 5.91 Å². The van der Waals surface area contributed by atoms with Gasteiger partial charge >= 0.3 is 5.97 Å². The van der Waals surface area contributed by atoms with Crippen LogP contribution in [-0.4, -0.2) is 28.4 Å². The summed E-state index contributed by atoms with van der Waals surface area (Å²) in [5, 5.41) is 9.39. The largest absolute Gasteiger partial charge is 0.479 e. The lowest BCUT2D eigenvalue weighted by molar-refractivity contribution is -0.149. The maximum atomic E-state index is 13.3. The van der Waals surface area contributed by atoms with Gasteiger partial charge in [-0.1, -0.05) is 18.5 Å². The summed E-state index contributed by atoms with van der Waals surface area (Å²) >= 11 is 5.72. The normalized spacial score (nSPS) is 12.0. The Balaban J connectivity index is 3.25. The molecule has 1 amide bonds. The minimum Gasteiger partial charge on any atom is -0.479 e. The predicted molar refractivity (Wildman–Crippen MR) is 69.5 cm³/mol. The Morgan fingerprint density at radius 3 is 2.47 bits per heavy atom. The first-order valence-electron chi connectivity index (χ1n) is 5.82. The van der Waals surface area contributed by atoms with Gasteiger partial charge in [0.15, 0.2) is 6.04 Å². The summed E-state index contributed by atoms with van der Waals surface area (Å²) < 4.78 is 13.3. The van der Waals surface area contributed by atoms with E-state index >= 15 is 0 Å². The number of carbonyl (C=O) groups excluding carboxylic acids is 1. The molecule has 0 heterocycles. The van der Waals surface area contributed by atoms with E-state index in [-0.39, 0.29) is 23.0 Å². The van der Waals surface area contributed by atoms with E-state index in [2.05, 4.69) is 0 Å². The number of rotatable bonds is 5. The molecule has 0 radical (unpaired) electrons. The van der Waals surface area contributed by atoms with Crippen molar-refractivity contribution in [1.29, 1.82) is 0 Å². The minimum atomic E-state index is -1.23. The summed E-state index contributed by atoms with van der Waals surface area (Å²) in [4.78, 5) is 24.1. The van der Waals surface area contributed by atoms with Crippen LogP contribution in [0.3, 0.4) is 0 Å². The molecule has 0 saturated heterocycles. The van der Waals surface area contributed by atoms with Gasteiger partial charge in [-0.15, -0.1) is 0 Å². The monoisotopic (exact) mass is 287 g/mol. The second-order valence-electron chi connectivity index (χ2n) is 4.16. The predicted octanol–water partition coefficient (Wildman–Crippen LogP) is 2.86. The third kappa shape index (κ3) is 3.92. The van der Waals surface area contributed by atoms with Crippen LogP contribution in [0.1, 0.15) is 31.9 Å². The summed E-state index contributed by atoms with van der Waals surface area (Å²) in [5.41, 5.74) is 0.154. The van der Waals surface area contributed by atoms with Crippen LogP contribution in [0.5, 0.6) is 0 Å². The van der Waals surface area contributed by atoms with Crippen molar-refractivity contribution >= 4 is 23.5 Å². The molecular formula is C13H15ClFNO3. The first-order valence-corrected chi connectivity index (χ1v) is 6.20. The Morgan fingerprint density at radius 1 is 1.42 bits per heavy atom. The van der Waals surface area contributed by atoms with Gasteiger partial charge in [0, 0.05) is 18.5 Å². The molecule has 0 saturated carbocycles. The van der Waals surface area contributed by atoms with Crippen molar-refractivity contribution in [2.75, 3.05) is 6.54 Å². The van der Waals surface area contributed by atoms with Gasteiger partial charge in [0.05, 0.1) is 0 Å². The molecule has 1 N–H and O–H groups in total. The number of amides is 1. The molecule has 1 rings (SSSR count). The maximum absolute atomic E-state index is 13.3. The fourth-order valence-electron chi connectivity index (χ4n) is 1.90. The van der Waals surface area contributed by atoms with E-state index in [0.717, 1.165) is 12.1 Å². The van der Waals surface area contributed by atoms with Crippen LogP contribution in [0.25, 0.3) is 0 Å². The van der Waals surface area contributed by atoms with Crippen molar-refractivity contribution in [3.63, 3.8) is 0 Å². The fraction of sp³-hybridized carbons (Fsp3) is 0.385. The first kappa shape index (κ1) is 15.4. The van der Waals surface area contributed by atoms with Crippen LogP contribution in [0.15, 0.2) is 18.2 Å². The van der Waals surface area contributed by atoms with Gasteiger partial charge in [0.1, 0.15) is 5.82 Å². The van der Waals surface area contributed by atoms with Crippen LogP contribution < -0.4 is 0 Å². The van der Waals surface area contributed by atoms with E-state index in [1.807, 2.05) is 6.92 Å². The third-order valence-corrected chi connectivity index (χ3v) is 2.83. The highest BCUT2D eigenvalue weighted by Crippen LogP contribution is 2.25.